The zero-order chi connectivity index (χ0) is 18.0. The molecule has 1 saturated heterocycles. The molecule has 0 aliphatic carbocycles. The van der Waals surface area contributed by atoms with Gasteiger partial charge in [-0.3, -0.25) is 0 Å². The van der Waals surface area contributed by atoms with Gasteiger partial charge in [0.25, 0.3) is 0 Å². The number of hydrogen-bond donors (Lipinski definition) is 1. The second-order valence-corrected chi connectivity index (χ2v) is 8.01. The summed E-state index contributed by atoms with van der Waals surface area (Å²) in [7, 11) is -2.53. The SMILES string of the molecule is COc1ccc(S(=O)(=O)N2CCNCC2c2cccc(Cl)c2)cc1F. The fourth-order valence-electron chi connectivity index (χ4n) is 2.91. The Labute approximate surface area is 151 Å². The number of nitrogens with zero attached hydrogens (tertiary/aromatic N) is 1. The van der Waals surface area contributed by atoms with Crippen molar-refractivity contribution in [2.75, 3.05) is 26.7 Å². The van der Waals surface area contributed by atoms with Crippen LogP contribution in [0.15, 0.2) is 47.4 Å². The van der Waals surface area contributed by atoms with Crippen LogP contribution in [0.5, 0.6) is 5.75 Å². The summed E-state index contributed by atoms with van der Waals surface area (Å²) in [5.41, 5.74) is 0.789. The van der Waals surface area contributed by atoms with Crippen LogP contribution in [-0.2, 0) is 10.0 Å². The van der Waals surface area contributed by atoms with Gasteiger partial charge >= 0.3 is 0 Å². The van der Waals surface area contributed by atoms with E-state index >= 15 is 0 Å². The van der Waals surface area contributed by atoms with Gasteiger partial charge in [0.05, 0.1) is 18.0 Å². The van der Waals surface area contributed by atoms with Gasteiger partial charge in [0.15, 0.2) is 11.6 Å². The lowest BCUT2D eigenvalue weighted by atomic mass is 10.1. The summed E-state index contributed by atoms with van der Waals surface area (Å²) < 4.78 is 46.4. The first-order valence-electron chi connectivity index (χ1n) is 7.75. The van der Waals surface area contributed by atoms with E-state index in [1.54, 1.807) is 18.2 Å². The molecule has 25 heavy (non-hydrogen) atoms. The standard InChI is InChI=1S/C17H18ClFN2O3S/c1-24-17-6-5-14(10-15(17)19)25(22,23)21-8-7-20-11-16(21)12-3-2-4-13(18)9-12/h2-6,9-10,16,20H,7-8,11H2,1H3. The number of methoxy groups -OCH3 is 1. The molecule has 0 spiro atoms. The van der Waals surface area contributed by atoms with E-state index in [9.17, 15) is 12.8 Å². The third-order valence-corrected chi connectivity index (χ3v) is 6.30. The smallest absolute Gasteiger partial charge is 0.243 e. The Bertz CT molecular complexity index is 876. The highest BCUT2D eigenvalue weighted by molar-refractivity contribution is 7.89. The molecular formula is C17H18ClFN2O3S. The Kier molecular flexibility index (Phi) is 5.29. The van der Waals surface area contributed by atoms with Crippen molar-refractivity contribution in [1.82, 2.24) is 9.62 Å². The summed E-state index contributed by atoms with van der Waals surface area (Å²) in [6, 6.07) is 10.3. The quantitative estimate of drug-likeness (QED) is 0.880. The zero-order valence-corrected chi connectivity index (χ0v) is 15.1. The first-order valence-corrected chi connectivity index (χ1v) is 9.57. The number of halogens is 2. The molecule has 0 bridgehead atoms. The topological polar surface area (TPSA) is 58.6 Å². The van der Waals surface area contributed by atoms with E-state index in [0.717, 1.165) is 11.6 Å². The van der Waals surface area contributed by atoms with E-state index in [1.165, 1.54) is 23.5 Å². The summed E-state index contributed by atoms with van der Waals surface area (Å²) in [5.74, 6) is -0.705. The molecule has 1 N–H and O–H groups in total. The zero-order valence-electron chi connectivity index (χ0n) is 13.6. The molecular weight excluding hydrogens is 367 g/mol. The normalized spacial score (nSPS) is 18.9. The van der Waals surface area contributed by atoms with Gasteiger partial charge in [-0.2, -0.15) is 4.31 Å². The summed E-state index contributed by atoms with van der Waals surface area (Å²) in [6.07, 6.45) is 0. The van der Waals surface area contributed by atoms with Crippen molar-refractivity contribution >= 4 is 21.6 Å². The van der Waals surface area contributed by atoms with Gasteiger partial charge in [-0.15, -0.1) is 0 Å². The Morgan fingerprint density at radius 1 is 1.28 bits per heavy atom. The molecule has 8 heteroatoms. The van der Waals surface area contributed by atoms with Crippen LogP contribution < -0.4 is 10.1 Å². The molecule has 0 saturated carbocycles. The van der Waals surface area contributed by atoms with Crippen LogP contribution in [0.3, 0.4) is 0 Å². The Morgan fingerprint density at radius 3 is 2.76 bits per heavy atom. The third-order valence-electron chi connectivity index (χ3n) is 4.16. The van der Waals surface area contributed by atoms with E-state index in [0.29, 0.717) is 18.1 Å². The maximum atomic E-state index is 14.0. The molecule has 1 heterocycles. The highest BCUT2D eigenvalue weighted by Gasteiger charge is 2.34. The number of rotatable bonds is 4. The van der Waals surface area contributed by atoms with Crippen LogP contribution in [0.2, 0.25) is 5.02 Å². The number of benzene rings is 2. The Hall–Kier alpha value is -1.67. The van der Waals surface area contributed by atoms with E-state index in [1.807, 2.05) is 6.07 Å². The molecule has 1 fully saturated rings. The molecule has 1 aliphatic rings. The maximum absolute atomic E-state index is 14.0. The average Bonchev–Trinajstić information content (AvgIpc) is 2.61. The van der Waals surface area contributed by atoms with Crippen molar-refractivity contribution in [3.8, 4) is 5.75 Å². The van der Waals surface area contributed by atoms with Gasteiger partial charge in [-0.25, -0.2) is 12.8 Å². The number of hydrogen-bond acceptors (Lipinski definition) is 4. The minimum Gasteiger partial charge on any atom is -0.494 e. The first-order chi connectivity index (χ1) is 11.9. The van der Waals surface area contributed by atoms with Gasteiger partial charge in [-0.1, -0.05) is 23.7 Å². The lowest BCUT2D eigenvalue weighted by Crippen LogP contribution is -2.48. The lowest BCUT2D eigenvalue weighted by Gasteiger charge is -2.35. The summed E-state index contributed by atoms with van der Waals surface area (Å²) >= 11 is 6.05. The number of sulfonamides is 1. The van der Waals surface area contributed by atoms with Gasteiger partial charge in [0.1, 0.15) is 0 Å². The first kappa shape index (κ1) is 18.1. The minimum atomic E-state index is -3.86. The van der Waals surface area contributed by atoms with Crippen LogP contribution in [0.25, 0.3) is 0 Å². The van der Waals surface area contributed by atoms with Crippen LogP contribution in [0.1, 0.15) is 11.6 Å². The summed E-state index contributed by atoms with van der Waals surface area (Å²) in [6.45, 7) is 1.26. The van der Waals surface area contributed by atoms with E-state index in [4.69, 9.17) is 16.3 Å². The predicted molar refractivity (Wildman–Crippen MR) is 93.9 cm³/mol. The second kappa shape index (κ2) is 7.29. The highest BCUT2D eigenvalue weighted by atomic mass is 35.5. The van der Waals surface area contributed by atoms with E-state index in [2.05, 4.69) is 5.32 Å². The van der Waals surface area contributed by atoms with Gasteiger partial charge < -0.3 is 10.1 Å². The number of nitrogens with one attached hydrogen (secondary N) is 1. The van der Waals surface area contributed by atoms with Crippen LogP contribution in [0.4, 0.5) is 4.39 Å². The van der Waals surface area contributed by atoms with Crippen LogP contribution in [-0.4, -0.2) is 39.5 Å². The molecule has 2 aromatic rings. The molecule has 1 atom stereocenters. The van der Waals surface area contributed by atoms with E-state index in [-0.39, 0.29) is 17.2 Å². The average molecular weight is 385 g/mol. The van der Waals surface area contributed by atoms with Crippen molar-refractivity contribution in [2.24, 2.45) is 0 Å². The van der Waals surface area contributed by atoms with Crippen molar-refractivity contribution in [3.63, 3.8) is 0 Å². The Morgan fingerprint density at radius 2 is 2.08 bits per heavy atom. The largest absolute Gasteiger partial charge is 0.494 e. The van der Waals surface area contributed by atoms with Gasteiger partial charge in [0, 0.05) is 24.7 Å². The molecule has 1 unspecified atom stereocenters. The van der Waals surface area contributed by atoms with Crippen LogP contribution >= 0.6 is 11.6 Å². The van der Waals surface area contributed by atoms with Crippen LogP contribution in [0, 0.1) is 5.82 Å². The van der Waals surface area contributed by atoms with Crippen molar-refractivity contribution in [1.29, 1.82) is 0 Å². The highest BCUT2D eigenvalue weighted by Crippen LogP contribution is 2.31. The summed E-state index contributed by atoms with van der Waals surface area (Å²) in [5, 5.41) is 3.73. The molecule has 2 aromatic carbocycles. The lowest BCUT2D eigenvalue weighted by molar-refractivity contribution is 0.271. The number of piperazine rings is 1. The minimum absolute atomic E-state index is 0.00523. The molecule has 0 aromatic heterocycles. The number of ether oxygens (including phenoxy) is 1. The van der Waals surface area contributed by atoms with Crippen molar-refractivity contribution in [3.05, 3.63) is 58.9 Å². The van der Waals surface area contributed by atoms with Gasteiger partial charge in [0.2, 0.25) is 10.0 Å². The molecule has 0 radical (unpaired) electrons. The molecule has 1 aliphatic heterocycles. The molecule has 5 nitrogen and oxygen atoms in total. The molecule has 134 valence electrons. The predicted octanol–water partition coefficient (Wildman–Crippen LogP) is 2.82. The third kappa shape index (κ3) is 3.64. The second-order valence-electron chi connectivity index (χ2n) is 5.69. The fourth-order valence-corrected chi connectivity index (χ4v) is 4.74. The molecule has 0 amide bonds. The van der Waals surface area contributed by atoms with E-state index < -0.39 is 21.9 Å². The van der Waals surface area contributed by atoms with Crippen molar-refractivity contribution < 1.29 is 17.5 Å². The maximum Gasteiger partial charge on any atom is 0.243 e. The Balaban J connectivity index is 2.00. The van der Waals surface area contributed by atoms with Crippen molar-refractivity contribution in [2.45, 2.75) is 10.9 Å². The summed E-state index contributed by atoms with van der Waals surface area (Å²) in [4.78, 5) is -0.0975. The fraction of sp³-hybridized carbons (Fsp3) is 0.294. The van der Waals surface area contributed by atoms with Gasteiger partial charge in [-0.05, 0) is 35.9 Å². The monoisotopic (exact) mass is 384 g/mol. The molecule has 3 rings (SSSR count).